The fourth-order valence-corrected chi connectivity index (χ4v) is 2.99. The van der Waals surface area contributed by atoms with Gasteiger partial charge in [-0.25, -0.2) is 4.79 Å². The molecule has 0 unspecified atom stereocenters. The Hall–Kier alpha value is -2.69. The van der Waals surface area contributed by atoms with E-state index in [1.165, 1.54) is 22.2 Å². The van der Waals surface area contributed by atoms with Crippen LogP contribution in [-0.4, -0.2) is 32.5 Å². The van der Waals surface area contributed by atoms with Gasteiger partial charge in [0.15, 0.2) is 0 Å². The van der Waals surface area contributed by atoms with Crippen molar-refractivity contribution in [2.45, 2.75) is 26.1 Å². The monoisotopic (exact) mass is 386 g/mol. The standard InChI is InChI=1S/C15H13F3N4O3S/c1-2-7-24-13(23)10-5-6-19-22(10)8-9-3-4-11(26-9)12-20-14(25-21-12)15(16,17)18/h3-6H,2,7-8H2,1H3. The van der Waals surface area contributed by atoms with Gasteiger partial charge in [-0.15, -0.1) is 11.3 Å². The van der Waals surface area contributed by atoms with Crippen LogP contribution in [0, 0.1) is 0 Å². The number of carbonyl (C=O) groups excluding carboxylic acids is 1. The molecule has 0 aliphatic rings. The van der Waals surface area contributed by atoms with Crippen LogP contribution in [0.3, 0.4) is 0 Å². The molecule has 7 nitrogen and oxygen atoms in total. The highest BCUT2D eigenvalue weighted by molar-refractivity contribution is 7.15. The molecule has 3 rings (SSSR count). The van der Waals surface area contributed by atoms with Crippen LogP contribution in [0.25, 0.3) is 10.7 Å². The minimum atomic E-state index is -4.69. The first kappa shape index (κ1) is 18.1. The number of hydrogen-bond donors (Lipinski definition) is 0. The van der Waals surface area contributed by atoms with Gasteiger partial charge in [0, 0.05) is 11.1 Å². The Morgan fingerprint density at radius 3 is 2.85 bits per heavy atom. The van der Waals surface area contributed by atoms with E-state index in [1.54, 1.807) is 18.2 Å². The van der Waals surface area contributed by atoms with Crippen molar-refractivity contribution in [1.82, 2.24) is 19.9 Å². The van der Waals surface area contributed by atoms with Crippen LogP contribution in [0.5, 0.6) is 0 Å². The van der Waals surface area contributed by atoms with Crippen LogP contribution in [0.1, 0.15) is 34.6 Å². The van der Waals surface area contributed by atoms with Gasteiger partial charge in [-0.1, -0.05) is 12.1 Å². The van der Waals surface area contributed by atoms with E-state index in [1.807, 2.05) is 6.92 Å². The highest BCUT2D eigenvalue weighted by atomic mass is 32.1. The van der Waals surface area contributed by atoms with Gasteiger partial charge in [0.05, 0.1) is 18.0 Å². The lowest BCUT2D eigenvalue weighted by Crippen LogP contribution is -2.14. The summed E-state index contributed by atoms with van der Waals surface area (Å²) in [6.45, 7) is 2.46. The van der Waals surface area contributed by atoms with E-state index < -0.39 is 18.0 Å². The Morgan fingerprint density at radius 2 is 2.15 bits per heavy atom. The molecular formula is C15H13F3N4O3S. The second kappa shape index (κ2) is 7.28. The molecule has 0 aliphatic heterocycles. The lowest BCUT2D eigenvalue weighted by Gasteiger charge is -2.06. The summed E-state index contributed by atoms with van der Waals surface area (Å²) in [5, 5.41) is 7.43. The van der Waals surface area contributed by atoms with Crippen molar-refractivity contribution >= 4 is 17.3 Å². The minimum absolute atomic E-state index is 0.142. The van der Waals surface area contributed by atoms with Gasteiger partial charge in [-0.2, -0.15) is 23.3 Å². The van der Waals surface area contributed by atoms with Gasteiger partial charge in [-0.3, -0.25) is 4.68 Å². The minimum Gasteiger partial charge on any atom is -0.461 e. The summed E-state index contributed by atoms with van der Waals surface area (Å²) in [7, 11) is 0. The van der Waals surface area contributed by atoms with E-state index in [4.69, 9.17) is 4.74 Å². The molecule has 3 aromatic rings. The zero-order valence-electron chi connectivity index (χ0n) is 13.5. The molecule has 0 aromatic carbocycles. The Kier molecular flexibility index (Phi) is 5.07. The number of ether oxygens (including phenoxy) is 1. The summed E-state index contributed by atoms with van der Waals surface area (Å²) in [6, 6.07) is 4.83. The van der Waals surface area contributed by atoms with E-state index in [2.05, 4.69) is 19.8 Å². The van der Waals surface area contributed by atoms with Crippen molar-refractivity contribution in [3.05, 3.63) is 40.9 Å². The molecule has 0 radical (unpaired) electrons. The predicted molar refractivity (Wildman–Crippen MR) is 84.5 cm³/mol. The largest absolute Gasteiger partial charge is 0.471 e. The number of halogens is 3. The first-order valence-electron chi connectivity index (χ1n) is 7.57. The number of nitrogens with zero attached hydrogens (tertiary/aromatic N) is 4. The van der Waals surface area contributed by atoms with Crippen LogP contribution in [0.15, 0.2) is 28.9 Å². The fraction of sp³-hybridized carbons (Fsp3) is 0.333. The van der Waals surface area contributed by atoms with E-state index in [-0.39, 0.29) is 12.4 Å². The van der Waals surface area contributed by atoms with E-state index in [0.717, 1.165) is 4.88 Å². The maximum atomic E-state index is 12.5. The highest BCUT2D eigenvalue weighted by Gasteiger charge is 2.38. The number of carbonyl (C=O) groups is 1. The van der Waals surface area contributed by atoms with Crippen molar-refractivity contribution in [3.63, 3.8) is 0 Å². The molecule has 138 valence electrons. The topological polar surface area (TPSA) is 83.0 Å². The van der Waals surface area contributed by atoms with Gasteiger partial charge in [0.2, 0.25) is 5.82 Å². The third-order valence-corrected chi connectivity index (χ3v) is 4.29. The molecule has 26 heavy (non-hydrogen) atoms. The Bertz CT molecular complexity index is 900. The molecule has 0 fully saturated rings. The second-order valence-corrected chi connectivity index (χ2v) is 6.37. The molecule has 0 bridgehead atoms. The normalized spacial score (nSPS) is 11.7. The summed E-state index contributed by atoms with van der Waals surface area (Å²) in [4.78, 5) is 16.5. The fourth-order valence-electron chi connectivity index (χ4n) is 2.07. The van der Waals surface area contributed by atoms with Gasteiger partial charge in [0.25, 0.3) is 0 Å². The summed E-state index contributed by atoms with van der Waals surface area (Å²) in [5.74, 6) is -2.01. The van der Waals surface area contributed by atoms with Crippen LogP contribution in [-0.2, 0) is 17.5 Å². The summed E-state index contributed by atoms with van der Waals surface area (Å²) < 4.78 is 48.4. The predicted octanol–water partition coefficient (Wildman–Crippen LogP) is 3.63. The van der Waals surface area contributed by atoms with Crippen LogP contribution in [0.2, 0.25) is 0 Å². The Morgan fingerprint density at radius 1 is 1.35 bits per heavy atom. The number of thiophene rings is 1. The average Bonchev–Trinajstić information content (AvgIpc) is 3.31. The van der Waals surface area contributed by atoms with E-state index in [0.29, 0.717) is 23.6 Å². The van der Waals surface area contributed by atoms with Gasteiger partial charge in [-0.05, 0) is 24.6 Å². The lowest BCUT2D eigenvalue weighted by atomic mass is 10.4. The molecule has 0 saturated heterocycles. The summed E-state index contributed by atoms with van der Waals surface area (Å²) >= 11 is 1.18. The smallest absolute Gasteiger partial charge is 0.461 e. The zero-order chi connectivity index (χ0) is 18.7. The zero-order valence-corrected chi connectivity index (χ0v) is 14.3. The van der Waals surface area contributed by atoms with Crippen molar-refractivity contribution < 1.29 is 27.2 Å². The van der Waals surface area contributed by atoms with Crippen molar-refractivity contribution in [2.75, 3.05) is 6.61 Å². The van der Waals surface area contributed by atoms with Gasteiger partial charge >= 0.3 is 18.0 Å². The van der Waals surface area contributed by atoms with Gasteiger partial charge in [0.1, 0.15) is 5.69 Å². The SMILES string of the molecule is CCCOC(=O)c1ccnn1Cc1ccc(-c2noc(C(F)(F)F)n2)s1. The molecule has 0 N–H and O–H groups in total. The molecule has 0 aliphatic carbocycles. The maximum absolute atomic E-state index is 12.5. The van der Waals surface area contributed by atoms with Crippen LogP contribution >= 0.6 is 11.3 Å². The first-order chi connectivity index (χ1) is 12.4. The quantitative estimate of drug-likeness (QED) is 0.602. The lowest BCUT2D eigenvalue weighted by molar-refractivity contribution is -0.159. The molecule has 3 aromatic heterocycles. The van der Waals surface area contributed by atoms with Gasteiger partial charge < -0.3 is 9.26 Å². The van der Waals surface area contributed by atoms with E-state index in [9.17, 15) is 18.0 Å². The molecule has 0 atom stereocenters. The average molecular weight is 386 g/mol. The third-order valence-electron chi connectivity index (χ3n) is 3.22. The summed E-state index contributed by atoms with van der Waals surface area (Å²) in [5.41, 5.74) is 0.298. The highest BCUT2D eigenvalue weighted by Crippen LogP contribution is 2.31. The molecule has 0 saturated carbocycles. The molecule has 0 amide bonds. The number of hydrogen-bond acceptors (Lipinski definition) is 7. The van der Waals surface area contributed by atoms with E-state index >= 15 is 0 Å². The van der Waals surface area contributed by atoms with Crippen molar-refractivity contribution in [2.24, 2.45) is 0 Å². The van der Waals surface area contributed by atoms with Crippen molar-refractivity contribution in [1.29, 1.82) is 0 Å². The number of esters is 1. The van der Waals surface area contributed by atoms with Crippen LogP contribution < -0.4 is 0 Å². The number of rotatable bonds is 6. The molecule has 0 spiro atoms. The Labute approximate surface area is 149 Å². The maximum Gasteiger partial charge on any atom is 0.471 e. The molecule has 3 heterocycles. The summed E-state index contributed by atoms with van der Waals surface area (Å²) in [6.07, 6.45) is -2.50. The van der Waals surface area contributed by atoms with Crippen LogP contribution in [0.4, 0.5) is 13.2 Å². The van der Waals surface area contributed by atoms with Crippen molar-refractivity contribution in [3.8, 4) is 10.7 Å². The first-order valence-corrected chi connectivity index (χ1v) is 8.39. The Balaban J connectivity index is 1.75. The third kappa shape index (κ3) is 3.93. The number of aromatic nitrogens is 4. The number of alkyl halides is 3. The second-order valence-electron chi connectivity index (χ2n) is 5.20. The molecular weight excluding hydrogens is 373 g/mol. The molecule has 11 heteroatoms.